The molecule has 2 heterocycles. The summed E-state index contributed by atoms with van der Waals surface area (Å²) in [6.07, 6.45) is 4.83. The van der Waals surface area contributed by atoms with E-state index >= 15 is 0 Å². The lowest BCUT2D eigenvalue weighted by molar-refractivity contribution is 0.104. The molecule has 0 bridgehead atoms. The van der Waals surface area contributed by atoms with Gasteiger partial charge in [-0.2, -0.15) is 0 Å². The van der Waals surface area contributed by atoms with Crippen molar-refractivity contribution in [1.82, 2.24) is 4.90 Å². The van der Waals surface area contributed by atoms with E-state index in [1.807, 2.05) is 0 Å². The first-order valence-corrected chi connectivity index (χ1v) is 9.89. The van der Waals surface area contributed by atoms with Crippen molar-refractivity contribution in [1.29, 1.82) is 0 Å². The zero-order chi connectivity index (χ0) is 17.7. The average Bonchev–Trinajstić information content (AvgIpc) is 3.34. The van der Waals surface area contributed by atoms with Gasteiger partial charge in [0.15, 0.2) is 11.5 Å². The van der Waals surface area contributed by atoms with Crippen molar-refractivity contribution < 1.29 is 9.47 Å². The quantitative estimate of drug-likeness (QED) is 0.780. The van der Waals surface area contributed by atoms with Gasteiger partial charge in [-0.15, -0.1) is 0 Å². The van der Waals surface area contributed by atoms with Gasteiger partial charge in [-0.1, -0.05) is 30.3 Å². The minimum Gasteiger partial charge on any atom is -0.454 e. The van der Waals surface area contributed by atoms with Gasteiger partial charge in [0.1, 0.15) is 0 Å². The molecule has 0 spiro atoms. The van der Waals surface area contributed by atoms with Gasteiger partial charge in [0, 0.05) is 11.1 Å². The number of hydrogen-bond acceptors (Lipinski definition) is 3. The predicted octanol–water partition coefficient (Wildman–Crippen LogP) is 4.76. The molecule has 1 aliphatic carbocycles. The zero-order valence-corrected chi connectivity index (χ0v) is 15.8. The largest absolute Gasteiger partial charge is 0.454 e. The van der Waals surface area contributed by atoms with Crippen LogP contribution in [0.4, 0.5) is 0 Å². The Bertz CT molecular complexity index is 840. The van der Waals surface area contributed by atoms with E-state index in [1.54, 1.807) is 0 Å². The molecule has 1 saturated heterocycles. The van der Waals surface area contributed by atoms with E-state index in [1.165, 1.54) is 54.6 Å². The molecule has 2 aromatic rings. The Morgan fingerprint density at radius 3 is 2.65 bits per heavy atom. The molecular formula is C23H27NO2. The molecule has 5 rings (SSSR count). The van der Waals surface area contributed by atoms with E-state index in [-0.39, 0.29) is 5.54 Å². The zero-order valence-electron chi connectivity index (χ0n) is 15.8. The van der Waals surface area contributed by atoms with Crippen LogP contribution in [0.3, 0.4) is 0 Å². The molecule has 2 aromatic carbocycles. The first-order chi connectivity index (χ1) is 12.7. The van der Waals surface area contributed by atoms with Crippen molar-refractivity contribution in [2.75, 3.05) is 19.9 Å². The minimum atomic E-state index is 0.0675. The highest BCUT2D eigenvalue weighted by Crippen LogP contribution is 2.52. The SMILES string of the molecule is Cc1ccccc1C1Cc2c(ccc3c2OCO3)C(C)(N2CCCC2)C1. The lowest BCUT2D eigenvalue weighted by Gasteiger charge is -2.46. The number of likely N-dealkylation sites (tertiary alicyclic amines) is 1. The minimum absolute atomic E-state index is 0.0675. The summed E-state index contributed by atoms with van der Waals surface area (Å²) in [5.41, 5.74) is 5.77. The number of benzene rings is 2. The first kappa shape index (κ1) is 16.2. The van der Waals surface area contributed by atoms with E-state index in [0.717, 1.165) is 17.9 Å². The number of ether oxygens (including phenoxy) is 2. The molecular weight excluding hydrogens is 322 g/mol. The summed E-state index contributed by atoms with van der Waals surface area (Å²) >= 11 is 0. The van der Waals surface area contributed by atoms with Crippen LogP contribution in [0.2, 0.25) is 0 Å². The summed E-state index contributed by atoms with van der Waals surface area (Å²) in [5, 5.41) is 0. The highest BCUT2D eigenvalue weighted by Gasteiger charge is 2.44. The smallest absolute Gasteiger partial charge is 0.231 e. The van der Waals surface area contributed by atoms with Crippen LogP contribution in [0, 0.1) is 6.92 Å². The van der Waals surface area contributed by atoms with E-state index in [0.29, 0.717) is 12.7 Å². The lowest BCUT2D eigenvalue weighted by Crippen LogP contribution is -2.46. The topological polar surface area (TPSA) is 21.7 Å². The average molecular weight is 349 g/mol. The van der Waals surface area contributed by atoms with Crippen LogP contribution in [0.1, 0.15) is 54.4 Å². The number of rotatable bonds is 2. The van der Waals surface area contributed by atoms with Crippen molar-refractivity contribution in [2.24, 2.45) is 0 Å². The fourth-order valence-corrected chi connectivity index (χ4v) is 5.42. The second-order valence-electron chi connectivity index (χ2n) is 8.26. The molecule has 3 aliphatic rings. The predicted molar refractivity (Wildman–Crippen MR) is 103 cm³/mol. The third-order valence-corrected chi connectivity index (χ3v) is 6.75. The molecule has 3 heteroatoms. The Kier molecular flexibility index (Phi) is 3.75. The maximum atomic E-state index is 5.93. The van der Waals surface area contributed by atoms with E-state index in [4.69, 9.17) is 9.47 Å². The van der Waals surface area contributed by atoms with Crippen LogP contribution in [0.5, 0.6) is 11.5 Å². The van der Waals surface area contributed by atoms with Crippen LogP contribution in [0.25, 0.3) is 0 Å². The highest BCUT2D eigenvalue weighted by molar-refractivity contribution is 5.56. The molecule has 136 valence electrons. The molecule has 0 N–H and O–H groups in total. The normalized spacial score (nSPS) is 27.5. The van der Waals surface area contributed by atoms with Crippen molar-refractivity contribution in [3.8, 4) is 11.5 Å². The third kappa shape index (κ3) is 2.37. The van der Waals surface area contributed by atoms with Gasteiger partial charge in [-0.3, -0.25) is 4.90 Å². The summed E-state index contributed by atoms with van der Waals surface area (Å²) < 4.78 is 11.6. The van der Waals surface area contributed by atoms with Crippen molar-refractivity contribution >= 4 is 0 Å². The van der Waals surface area contributed by atoms with E-state index in [2.05, 4.69) is 55.1 Å². The van der Waals surface area contributed by atoms with Crippen LogP contribution >= 0.6 is 0 Å². The Labute approximate surface area is 155 Å². The summed E-state index contributed by atoms with van der Waals surface area (Å²) in [5.74, 6) is 2.43. The third-order valence-electron chi connectivity index (χ3n) is 6.75. The number of fused-ring (bicyclic) bond motifs is 3. The van der Waals surface area contributed by atoms with Gasteiger partial charge in [0.25, 0.3) is 0 Å². The van der Waals surface area contributed by atoms with Crippen LogP contribution in [-0.2, 0) is 12.0 Å². The summed E-state index contributed by atoms with van der Waals surface area (Å²) in [4.78, 5) is 2.71. The molecule has 0 radical (unpaired) electrons. The van der Waals surface area contributed by atoms with Gasteiger partial charge < -0.3 is 9.47 Å². The van der Waals surface area contributed by atoms with Gasteiger partial charge in [-0.25, -0.2) is 0 Å². The molecule has 0 amide bonds. The molecule has 0 aromatic heterocycles. The Hall–Kier alpha value is -2.00. The molecule has 2 unspecified atom stereocenters. The molecule has 26 heavy (non-hydrogen) atoms. The lowest BCUT2D eigenvalue weighted by atomic mass is 9.69. The van der Waals surface area contributed by atoms with Crippen molar-refractivity contribution in [3.63, 3.8) is 0 Å². The summed E-state index contributed by atoms with van der Waals surface area (Å²) in [6, 6.07) is 13.3. The molecule has 0 saturated carbocycles. The number of aryl methyl sites for hydroxylation is 1. The number of nitrogens with zero attached hydrogens (tertiary/aromatic N) is 1. The molecule has 3 nitrogen and oxygen atoms in total. The fraction of sp³-hybridized carbons (Fsp3) is 0.478. The van der Waals surface area contributed by atoms with Crippen LogP contribution in [0.15, 0.2) is 36.4 Å². The molecule has 2 aliphatic heterocycles. The number of hydrogen-bond donors (Lipinski definition) is 0. The van der Waals surface area contributed by atoms with Gasteiger partial charge >= 0.3 is 0 Å². The highest BCUT2D eigenvalue weighted by atomic mass is 16.7. The van der Waals surface area contributed by atoms with E-state index in [9.17, 15) is 0 Å². The van der Waals surface area contributed by atoms with Crippen LogP contribution in [-0.4, -0.2) is 24.8 Å². The summed E-state index contributed by atoms with van der Waals surface area (Å²) in [6.45, 7) is 7.44. The van der Waals surface area contributed by atoms with Crippen molar-refractivity contribution in [3.05, 3.63) is 58.7 Å². The second kappa shape index (κ2) is 6.02. The van der Waals surface area contributed by atoms with Gasteiger partial charge in [-0.05, 0) is 81.3 Å². The monoisotopic (exact) mass is 349 g/mol. The standard InChI is InChI=1S/C23H27NO2/c1-16-7-3-4-8-18(16)17-13-19-20(9-10-21-22(19)26-15-25-21)23(2,14-17)24-11-5-6-12-24/h3-4,7-10,17H,5-6,11-15H2,1-2H3. The molecule has 2 atom stereocenters. The maximum absolute atomic E-state index is 5.93. The van der Waals surface area contributed by atoms with Crippen molar-refractivity contribution in [2.45, 2.75) is 51.0 Å². The van der Waals surface area contributed by atoms with Gasteiger partial charge in [0.05, 0.1) is 0 Å². The maximum Gasteiger partial charge on any atom is 0.231 e. The second-order valence-corrected chi connectivity index (χ2v) is 8.26. The van der Waals surface area contributed by atoms with Crippen LogP contribution < -0.4 is 9.47 Å². The Morgan fingerprint density at radius 2 is 1.85 bits per heavy atom. The Balaban J connectivity index is 1.65. The van der Waals surface area contributed by atoms with Gasteiger partial charge in [0.2, 0.25) is 6.79 Å². The summed E-state index contributed by atoms with van der Waals surface area (Å²) in [7, 11) is 0. The first-order valence-electron chi connectivity index (χ1n) is 9.89. The fourth-order valence-electron chi connectivity index (χ4n) is 5.42. The van der Waals surface area contributed by atoms with E-state index < -0.39 is 0 Å². The Morgan fingerprint density at radius 1 is 1.04 bits per heavy atom. The molecule has 1 fully saturated rings.